The van der Waals surface area contributed by atoms with Gasteiger partial charge in [-0.05, 0) is 37.5 Å². The third-order valence-electron chi connectivity index (χ3n) is 3.87. The van der Waals surface area contributed by atoms with Crippen molar-refractivity contribution in [3.05, 3.63) is 57.9 Å². The Hall–Kier alpha value is -1.91. The summed E-state index contributed by atoms with van der Waals surface area (Å²) < 4.78 is 5.77. The number of hydrogen-bond acceptors (Lipinski definition) is 4. The molecular formula is C17H22N2O2. The second-order valence-corrected chi connectivity index (χ2v) is 5.25. The van der Waals surface area contributed by atoms with E-state index >= 15 is 0 Å². The summed E-state index contributed by atoms with van der Waals surface area (Å²) in [6.45, 7) is 7.14. The molecule has 0 unspecified atom stereocenters. The molecule has 0 fully saturated rings. The Labute approximate surface area is 125 Å². The molecule has 1 aromatic heterocycles. The van der Waals surface area contributed by atoms with Gasteiger partial charge in [0.2, 0.25) is 0 Å². The lowest BCUT2D eigenvalue weighted by Crippen LogP contribution is -2.06. The van der Waals surface area contributed by atoms with E-state index in [1.54, 1.807) is 13.1 Å². The zero-order chi connectivity index (χ0) is 15.4. The molecule has 4 nitrogen and oxygen atoms in total. The molecular weight excluding hydrogens is 264 g/mol. The van der Waals surface area contributed by atoms with E-state index in [0.29, 0.717) is 24.5 Å². The highest BCUT2D eigenvalue weighted by molar-refractivity contribution is 5.40. The lowest BCUT2D eigenvalue weighted by molar-refractivity contribution is 0.106. The van der Waals surface area contributed by atoms with Crippen LogP contribution in [0.15, 0.2) is 24.4 Å². The van der Waals surface area contributed by atoms with Crippen LogP contribution in [0.3, 0.4) is 0 Å². The highest BCUT2D eigenvalue weighted by atomic mass is 16.5. The Morgan fingerprint density at radius 3 is 2.57 bits per heavy atom. The van der Waals surface area contributed by atoms with Crippen molar-refractivity contribution in [3.63, 3.8) is 0 Å². The van der Waals surface area contributed by atoms with Crippen LogP contribution in [0, 0.1) is 20.8 Å². The molecule has 0 spiro atoms. The number of hydrogen-bond donors (Lipinski definition) is 2. The van der Waals surface area contributed by atoms with E-state index in [-0.39, 0.29) is 12.3 Å². The molecule has 2 aromatic rings. The predicted octanol–water partition coefficient (Wildman–Crippen LogP) is 2.89. The molecule has 0 saturated heterocycles. The summed E-state index contributed by atoms with van der Waals surface area (Å²) in [5, 5.41) is 9.98. The van der Waals surface area contributed by atoms with Crippen molar-refractivity contribution in [2.45, 2.75) is 40.5 Å². The number of aryl methyl sites for hydroxylation is 2. The Morgan fingerprint density at radius 2 is 1.86 bits per heavy atom. The summed E-state index contributed by atoms with van der Waals surface area (Å²) in [5.41, 5.74) is 11.5. The molecule has 0 amide bonds. The first kappa shape index (κ1) is 15.5. The Kier molecular flexibility index (Phi) is 4.94. The Morgan fingerprint density at radius 1 is 1.14 bits per heavy atom. The van der Waals surface area contributed by atoms with Gasteiger partial charge in [0.25, 0.3) is 0 Å². The molecule has 0 saturated carbocycles. The minimum atomic E-state index is 0.172. The van der Waals surface area contributed by atoms with E-state index in [1.807, 2.05) is 6.07 Å². The van der Waals surface area contributed by atoms with Crippen LogP contribution in [0.25, 0.3) is 0 Å². The Balaban J connectivity index is 2.07. The number of nitrogens with zero attached hydrogens (tertiary/aromatic N) is 1. The minimum absolute atomic E-state index is 0.172. The van der Waals surface area contributed by atoms with Gasteiger partial charge in [0.15, 0.2) is 0 Å². The standard InChI is InChI=1S/C17H22N2O2/c1-11-5-4-6-14(12(11)2)9-21-10-15-8-19-13(3)17(20)16(15)7-18/h4-6,8,20H,7,9-10,18H2,1-3H3. The molecule has 112 valence electrons. The summed E-state index contributed by atoms with van der Waals surface area (Å²) in [4.78, 5) is 4.16. The molecule has 4 heteroatoms. The van der Waals surface area contributed by atoms with Crippen molar-refractivity contribution < 1.29 is 9.84 Å². The van der Waals surface area contributed by atoms with E-state index in [1.165, 1.54) is 16.7 Å². The van der Waals surface area contributed by atoms with Crippen molar-refractivity contribution in [1.29, 1.82) is 0 Å². The average molecular weight is 286 g/mol. The molecule has 3 N–H and O–H groups in total. The molecule has 0 aliphatic rings. The highest BCUT2D eigenvalue weighted by Crippen LogP contribution is 2.24. The quantitative estimate of drug-likeness (QED) is 0.886. The second kappa shape index (κ2) is 6.70. The average Bonchev–Trinajstić information content (AvgIpc) is 2.47. The first-order chi connectivity index (χ1) is 10.0. The summed E-state index contributed by atoms with van der Waals surface area (Å²) in [5.74, 6) is 0.172. The number of benzene rings is 1. The minimum Gasteiger partial charge on any atom is -0.506 e. The van der Waals surface area contributed by atoms with E-state index in [4.69, 9.17) is 10.5 Å². The molecule has 1 heterocycles. The van der Waals surface area contributed by atoms with E-state index in [0.717, 1.165) is 5.56 Å². The van der Waals surface area contributed by atoms with Crippen LogP contribution in [0.2, 0.25) is 0 Å². The van der Waals surface area contributed by atoms with Crippen LogP contribution in [0.1, 0.15) is 33.5 Å². The number of rotatable bonds is 5. The van der Waals surface area contributed by atoms with Crippen molar-refractivity contribution in [2.75, 3.05) is 0 Å². The molecule has 0 aliphatic carbocycles. The molecule has 1 aromatic carbocycles. The van der Waals surface area contributed by atoms with Gasteiger partial charge in [-0.15, -0.1) is 0 Å². The number of aromatic hydroxyl groups is 1. The van der Waals surface area contributed by atoms with Gasteiger partial charge in [-0.3, -0.25) is 4.98 Å². The smallest absolute Gasteiger partial charge is 0.141 e. The largest absolute Gasteiger partial charge is 0.506 e. The Bertz CT molecular complexity index is 639. The van der Waals surface area contributed by atoms with Crippen LogP contribution in [0.5, 0.6) is 5.75 Å². The summed E-state index contributed by atoms with van der Waals surface area (Å²) in [6, 6.07) is 6.19. The summed E-state index contributed by atoms with van der Waals surface area (Å²) >= 11 is 0. The van der Waals surface area contributed by atoms with Crippen LogP contribution in [-0.2, 0) is 24.5 Å². The lowest BCUT2D eigenvalue weighted by atomic mass is 10.0. The molecule has 0 atom stereocenters. The van der Waals surface area contributed by atoms with Crippen LogP contribution < -0.4 is 5.73 Å². The van der Waals surface area contributed by atoms with E-state index in [9.17, 15) is 5.11 Å². The van der Waals surface area contributed by atoms with E-state index < -0.39 is 0 Å². The molecule has 21 heavy (non-hydrogen) atoms. The second-order valence-electron chi connectivity index (χ2n) is 5.25. The van der Waals surface area contributed by atoms with Gasteiger partial charge in [-0.2, -0.15) is 0 Å². The van der Waals surface area contributed by atoms with Gasteiger partial charge >= 0.3 is 0 Å². The maximum Gasteiger partial charge on any atom is 0.141 e. The molecule has 0 radical (unpaired) electrons. The number of pyridine rings is 1. The number of nitrogens with two attached hydrogens (primary N) is 1. The molecule has 0 aliphatic heterocycles. The van der Waals surface area contributed by atoms with Gasteiger partial charge in [-0.1, -0.05) is 18.2 Å². The first-order valence-electron chi connectivity index (χ1n) is 7.03. The van der Waals surface area contributed by atoms with Gasteiger partial charge in [-0.25, -0.2) is 0 Å². The third-order valence-corrected chi connectivity index (χ3v) is 3.87. The van der Waals surface area contributed by atoms with Gasteiger partial charge in [0.1, 0.15) is 5.75 Å². The third kappa shape index (κ3) is 3.40. The zero-order valence-corrected chi connectivity index (χ0v) is 12.8. The maximum atomic E-state index is 9.98. The fourth-order valence-corrected chi connectivity index (χ4v) is 2.28. The van der Waals surface area contributed by atoms with Crippen LogP contribution >= 0.6 is 0 Å². The van der Waals surface area contributed by atoms with Crippen molar-refractivity contribution in [1.82, 2.24) is 4.98 Å². The van der Waals surface area contributed by atoms with Crippen molar-refractivity contribution >= 4 is 0 Å². The van der Waals surface area contributed by atoms with Gasteiger partial charge in [0, 0.05) is 23.9 Å². The van der Waals surface area contributed by atoms with Crippen LogP contribution in [-0.4, -0.2) is 10.1 Å². The zero-order valence-electron chi connectivity index (χ0n) is 12.8. The highest BCUT2D eigenvalue weighted by Gasteiger charge is 2.10. The fourth-order valence-electron chi connectivity index (χ4n) is 2.28. The van der Waals surface area contributed by atoms with Gasteiger partial charge in [0.05, 0.1) is 18.9 Å². The van der Waals surface area contributed by atoms with E-state index in [2.05, 4.69) is 31.0 Å². The van der Waals surface area contributed by atoms with Crippen molar-refractivity contribution in [2.24, 2.45) is 5.73 Å². The SMILES string of the molecule is Cc1cccc(COCc2cnc(C)c(O)c2CN)c1C. The lowest BCUT2D eigenvalue weighted by Gasteiger charge is -2.13. The normalized spacial score (nSPS) is 10.9. The predicted molar refractivity (Wildman–Crippen MR) is 82.9 cm³/mol. The summed E-state index contributed by atoms with van der Waals surface area (Å²) in [7, 11) is 0. The maximum absolute atomic E-state index is 9.98. The molecule has 0 bridgehead atoms. The monoisotopic (exact) mass is 286 g/mol. The van der Waals surface area contributed by atoms with Crippen molar-refractivity contribution in [3.8, 4) is 5.75 Å². The topological polar surface area (TPSA) is 68.4 Å². The first-order valence-corrected chi connectivity index (χ1v) is 7.03. The molecule has 2 rings (SSSR count). The summed E-state index contributed by atoms with van der Waals surface area (Å²) in [6.07, 6.45) is 1.72. The number of aromatic nitrogens is 1. The number of ether oxygens (including phenoxy) is 1. The van der Waals surface area contributed by atoms with Crippen LogP contribution in [0.4, 0.5) is 0 Å². The fraction of sp³-hybridized carbons (Fsp3) is 0.353. The van der Waals surface area contributed by atoms with Gasteiger partial charge < -0.3 is 15.6 Å².